The number of anilines is 1. The Morgan fingerprint density at radius 3 is 2.70 bits per heavy atom. The van der Waals surface area contributed by atoms with E-state index in [2.05, 4.69) is 15.6 Å². The topological polar surface area (TPSA) is 141 Å². The van der Waals surface area contributed by atoms with Gasteiger partial charge in [-0.2, -0.15) is 0 Å². The minimum absolute atomic E-state index is 0.0409. The van der Waals surface area contributed by atoms with E-state index >= 15 is 0 Å². The van der Waals surface area contributed by atoms with E-state index in [1.54, 1.807) is 30.5 Å². The monoisotopic (exact) mass is 447 g/mol. The van der Waals surface area contributed by atoms with Gasteiger partial charge in [0, 0.05) is 17.3 Å². The van der Waals surface area contributed by atoms with E-state index in [0.717, 1.165) is 44.2 Å². The van der Waals surface area contributed by atoms with Crippen molar-refractivity contribution < 1.29 is 9.59 Å². The Morgan fingerprint density at radius 1 is 1.18 bits per heavy atom. The van der Waals surface area contributed by atoms with Crippen LogP contribution in [0.4, 0.5) is 5.82 Å². The molecule has 1 saturated heterocycles. The molecule has 0 bridgehead atoms. The minimum atomic E-state index is -0.649. The number of nitrogen functional groups attached to an aromatic ring is 1. The number of nitrogens with zero attached hydrogens (tertiary/aromatic N) is 3. The lowest BCUT2D eigenvalue weighted by Gasteiger charge is -2.15. The van der Waals surface area contributed by atoms with Crippen molar-refractivity contribution in [3.8, 4) is 11.3 Å². The standard InChI is InChI=1S/C24H29N7O2/c1-2-15-11-13-28-19(14-15)29-24(33)17-9-7-16(8-10-17)20-21(22(25)32)31(26)23(30-20)18-6-4-3-5-12-27-18/h7-11,13-14,18,27H,2-6,12,26H2,1H3,(H2,25,32)(H,28,29,33)/t18-/m0/s1. The van der Waals surface area contributed by atoms with E-state index in [9.17, 15) is 9.59 Å². The summed E-state index contributed by atoms with van der Waals surface area (Å²) in [5.74, 6) is 6.42. The normalized spacial score (nSPS) is 16.2. The van der Waals surface area contributed by atoms with Gasteiger partial charge in [-0.3, -0.25) is 9.59 Å². The van der Waals surface area contributed by atoms with Gasteiger partial charge in [0.25, 0.3) is 11.8 Å². The molecule has 0 unspecified atom stereocenters. The lowest BCUT2D eigenvalue weighted by Crippen LogP contribution is -2.29. The van der Waals surface area contributed by atoms with Gasteiger partial charge in [-0.1, -0.05) is 31.9 Å². The van der Waals surface area contributed by atoms with Crippen LogP contribution in [0.3, 0.4) is 0 Å². The van der Waals surface area contributed by atoms with E-state index in [0.29, 0.717) is 28.5 Å². The zero-order chi connectivity index (χ0) is 23.4. The summed E-state index contributed by atoms with van der Waals surface area (Å²) in [5.41, 5.74) is 8.41. The molecule has 3 heterocycles. The van der Waals surface area contributed by atoms with Gasteiger partial charge in [0.05, 0.1) is 6.04 Å². The number of hydrogen-bond acceptors (Lipinski definition) is 6. The van der Waals surface area contributed by atoms with Crippen LogP contribution in [0.1, 0.15) is 70.9 Å². The van der Waals surface area contributed by atoms with Crippen molar-refractivity contribution in [3.05, 3.63) is 65.2 Å². The summed E-state index contributed by atoms with van der Waals surface area (Å²) in [5, 5.41) is 6.26. The average molecular weight is 448 g/mol. The Bertz CT molecular complexity index is 1150. The van der Waals surface area contributed by atoms with E-state index in [1.807, 2.05) is 19.1 Å². The highest BCUT2D eigenvalue weighted by atomic mass is 16.2. The predicted octanol–water partition coefficient (Wildman–Crippen LogP) is 2.78. The fourth-order valence-electron chi connectivity index (χ4n) is 4.11. The highest BCUT2D eigenvalue weighted by Gasteiger charge is 2.26. The third-order valence-corrected chi connectivity index (χ3v) is 5.94. The largest absolute Gasteiger partial charge is 0.364 e. The maximum absolute atomic E-state index is 12.7. The van der Waals surface area contributed by atoms with Gasteiger partial charge in [-0.25, -0.2) is 14.6 Å². The Hall–Kier alpha value is -3.72. The van der Waals surface area contributed by atoms with Crippen molar-refractivity contribution in [3.63, 3.8) is 0 Å². The quantitative estimate of drug-likeness (QED) is 0.428. The number of primary amides is 1. The molecule has 0 spiro atoms. The molecule has 1 fully saturated rings. The number of pyridine rings is 1. The van der Waals surface area contributed by atoms with E-state index in [1.165, 1.54) is 4.68 Å². The van der Waals surface area contributed by atoms with Crippen molar-refractivity contribution in [2.75, 3.05) is 17.7 Å². The van der Waals surface area contributed by atoms with E-state index in [-0.39, 0.29) is 17.6 Å². The summed E-state index contributed by atoms with van der Waals surface area (Å²) in [6.07, 6.45) is 6.72. The van der Waals surface area contributed by atoms with Crippen molar-refractivity contribution in [1.29, 1.82) is 0 Å². The zero-order valence-electron chi connectivity index (χ0n) is 18.7. The summed E-state index contributed by atoms with van der Waals surface area (Å²) in [4.78, 5) is 33.7. The molecular weight excluding hydrogens is 418 g/mol. The highest BCUT2D eigenvalue weighted by Crippen LogP contribution is 2.28. The van der Waals surface area contributed by atoms with Gasteiger partial charge < -0.3 is 22.2 Å². The van der Waals surface area contributed by atoms with Gasteiger partial charge in [0.15, 0.2) is 5.69 Å². The molecule has 9 heteroatoms. The molecule has 33 heavy (non-hydrogen) atoms. The molecule has 2 aromatic heterocycles. The van der Waals surface area contributed by atoms with Crippen LogP contribution < -0.4 is 22.2 Å². The third kappa shape index (κ3) is 4.88. The molecule has 6 N–H and O–H groups in total. The zero-order valence-corrected chi connectivity index (χ0v) is 18.7. The maximum atomic E-state index is 12.7. The predicted molar refractivity (Wildman–Crippen MR) is 127 cm³/mol. The number of rotatable bonds is 6. The number of benzene rings is 1. The van der Waals surface area contributed by atoms with Crippen LogP contribution in [0.5, 0.6) is 0 Å². The van der Waals surface area contributed by atoms with Gasteiger partial charge >= 0.3 is 0 Å². The molecule has 0 radical (unpaired) electrons. The molecule has 4 rings (SSSR count). The van der Waals surface area contributed by atoms with Crippen LogP contribution in [0.25, 0.3) is 11.3 Å². The molecule has 2 amide bonds. The van der Waals surface area contributed by atoms with Crippen LogP contribution in [0.15, 0.2) is 42.6 Å². The molecule has 172 valence electrons. The Morgan fingerprint density at radius 2 is 1.97 bits per heavy atom. The molecule has 3 aromatic rings. The minimum Gasteiger partial charge on any atom is -0.364 e. The molecule has 1 atom stereocenters. The summed E-state index contributed by atoms with van der Waals surface area (Å²) in [7, 11) is 0. The number of amides is 2. The van der Waals surface area contributed by atoms with Gasteiger partial charge in [0.1, 0.15) is 17.3 Å². The fourth-order valence-corrected chi connectivity index (χ4v) is 4.11. The molecule has 9 nitrogen and oxygen atoms in total. The van der Waals surface area contributed by atoms with Gasteiger partial charge in [-0.15, -0.1) is 0 Å². The third-order valence-electron chi connectivity index (χ3n) is 5.94. The summed E-state index contributed by atoms with van der Waals surface area (Å²) >= 11 is 0. The number of aromatic nitrogens is 3. The van der Waals surface area contributed by atoms with Crippen molar-refractivity contribution in [1.82, 2.24) is 20.0 Å². The van der Waals surface area contributed by atoms with Crippen molar-refractivity contribution in [2.45, 2.75) is 45.1 Å². The van der Waals surface area contributed by atoms with Gasteiger partial charge in [-0.05, 0) is 55.6 Å². The maximum Gasteiger partial charge on any atom is 0.269 e. The lowest BCUT2D eigenvalue weighted by molar-refractivity contribution is 0.0991. The first kappa shape index (κ1) is 22.5. The second-order valence-corrected chi connectivity index (χ2v) is 8.19. The Balaban J connectivity index is 1.59. The van der Waals surface area contributed by atoms with Crippen molar-refractivity contribution >= 4 is 17.6 Å². The second-order valence-electron chi connectivity index (χ2n) is 8.19. The lowest BCUT2D eigenvalue weighted by atomic mass is 10.1. The number of aryl methyl sites for hydroxylation is 1. The Kier molecular flexibility index (Phi) is 6.69. The number of hydrogen-bond donors (Lipinski definition) is 4. The fraction of sp³-hybridized carbons (Fsp3) is 0.333. The van der Waals surface area contributed by atoms with Crippen LogP contribution in [-0.4, -0.2) is 33.0 Å². The first-order chi connectivity index (χ1) is 16.0. The molecule has 1 aromatic carbocycles. The summed E-state index contributed by atoms with van der Waals surface area (Å²) in [6, 6.07) is 10.6. The molecular formula is C24H29N7O2. The molecule has 1 aliphatic heterocycles. The number of carbonyl (C=O) groups excluding carboxylic acids is 2. The number of nitrogens with two attached hydrogens (primary N) is 2. The first-order valence-electron chi connectivity index (χ1n) is 11.3. The summed E-state index contributed by atoms with van der Waals surface area (Å²) < 4.78 is 1.30. The molecule has 1 aliphatic rings. The SMILES string of the molecule is CCc1ccnc(NC(=O)c2ccc(-c3nc([C@@H]4CCCCCN4)n(N)c3C(N)=O)cc2)c1. The summed E-state index contributed by atoms with van der Waals surface area (Å²) in [6.45, 7) is 2.92. The van der Waals surface area contributed by atoms with Crippen LogP contribution >= 0.6 is 0 Å². The second kappa shape index (κ2) is 9.83. The number of nitrogens with one attached hydrogen (secondary N) is 2. The van der Waals surface area contributed by atoms with E-state index < -0.39 is 5.91 Å². The number of imidazole rings is 1. The Labute approximate surface area is 192 Å². The highest BCUT2D eigenvalue weighted by molar-refractivity contribution is 6.04. The average Bonchev–Trinajstić information content (AvgIpc) is 2.98. The first-order valence-corrected chi connectivity index (χ1v) is 11.3. The van der Waals surface area contributed by atoms with Crippen LogP contribution in [0, 0.1) is 0 Å². The van der Waals surface area contributed by atoms with Crippen molar-refractivity contribution in [2.24, 2.45) is 5.73 Å². The van der Waals surface area contributed by atoms with Crippen LogP contribution in [0.2, 0.25) is 0 Å². The molecule has 0 aliphatic carbocycles. The smallest absolute Gasteiger partial charge is 0.269 e. The molecule has 0 saturated carbocycles. The number of carbonyl (C=O) groups is 2. The van der Waals surface area contributed by atoms with Crippen LogP contribution in [-0.2, 0) is 6.42 Å². The van der Waals surface area contributed by atoms with Gasteiger partial charge in [0.2, 0.25) is 0 Å². The van der Waals surface area contributed by atoms with E-state index in [4.69, 9.17) is 16.6 Å².